The van der Waals surface area contributed by atoms with Crippen LogP contribution in [0.25, 0.3) is 11.4 Å². The molecule has 9 heteroatoms. The van der Waals surface area contributed by atoms with E-state index in [0.29, 0.717) is 47.1 Å². The number of benzene rings is 1. The summed E-state index contributed by atoms with van der Waals surface area (Å²) in [6.45, 7) is 4.80. The monoisotopic (exact) mass is 492 g/mol. The fraction of sp³-hybridized carbons (Fsp3) is 0.370. The molecule has 1 atom stereocenters. The third kappa shape index (κ3) is 4.30. The third-order valence-electron chi connectivity index (χ3n) is 6.51. The van der Waals surface area contributed by atoms with Crippen molar-refractivity contribution in [1.29, 1.82) is 0 Å². The van der Waals surface area contributed by atoms with E-state index in [4.69, 9.17) is 9.47 Å². The van der Waals surface area contributed by atoms with Crippen molar-refractivity contribution in [3.05, 3.63) is 64.6 Å². The number of hydrogen-bond acceptors (Lipinski definition) is 7. The number of ketones is 1. The van der Waals surface area contributed by atoms with Crippen molar-refractivity contribution in [3.8, 4) is 11.5 Å². The number of nitrogens with zero attached hydrogens (tertiary/aromatic N) is 4. The lowest BCUT2D eigenvalue weighted by Crippen LogP contribution is -2.32. The number of fused-ring (bicyclic) bond motifs is 1. The van der Waals surface area contributed by atoms with Gasteiger partial charge in [-0.15, -0.1) is 0 Å². The van der Waals surface area contributed by atoms with E-state index in [9.17, 15) is 14.7 Å². The largest absolute Gasteiger partial charge is 0.505 e. The van der Waals surface area contributed by atoms with Crippen molar-refractivity contribution in [1.82, 2.24) is 19.2 Å². The van der Waals surface area contributed by atoms with Crippen LogP contribution in [-0.4, -0.2) is 77.4 Å². The molecule has 1 aliphatic rings. The number of aliphatic hydroxyl groups is 1. The molecule has 9 nitrogen and oxygen atoms in total. The van der Waals surface area contributed by atoms with Crippen molar-refractivity contribution < 1.29 is 24.2 Å². The van der Waals surface area contributed by atoms with Gasteiger partial charge in [0.15, 0.2) is 17.3 Å². The van der Waals surface area contributed by atoms with Crippen LogP contribution in [0.4, 0.5) is 0 Å². The topological polar surface area (TPSA) is 96.6 Å². The second kappa shape index (κ2) is 10.0. The van der Waals surface area contributed by atoms with Gasteiger partial charge in [0.05, 0.1) is 31.5 Å². The number of rotatable bonds is 8. The van der Waals surface area contributed by atoms with E-state index in [2.05, 4.69) is 4.98 Å². The summed E-state index contributed by atoms with van der Waals surface area (Å²) in [6.07, 6.45) is 2.45. The molecule has 0 saturated carbocycles. The summed E-state index contributed by atoms with van der Waals surface area (Å²) in [6, 6.07) is 8.26. The van der Waals surface area contributed by atoms with E-state index in [1.165, 1.54) is 12.0 Å². The van der Waals surface area contributed by atoms with Crippen molar-refractivity contribution in [3.63, 3.8) is 0 Å². The molecule has 0 radical (unpaired) electrons. The smallest absolute Gasteiger partial charge is 0.295 e. The fourth-order valence-electron chi connectivity index (χ4n) is 4.77. The zero-order chi connectivity index (χ0) is 26.1. The molecule has 1 amide bonds. The number of carbonyl (C=O) groups is 2. The highest BCUT2D eigenvalue weighted by Crippen LogP contribution is 2.42. The minimum atomic E-state index is -0.790. The minimum Gasteiger partial charge on any atom is -0.505 e. The molecule has 3 heterocycles. The highest BCUT2D eigenvalue weighted by Gasteiger charge is 2.46. The van der Waals surface area contributed by atoms with Gasteiger partial charge < -0.3 is 24.4 Å². The van der Waals surface area contributed by atoms with Crippen LogP contribution < -0.4 is 9.47 Å². The molecule has 190 valence electrons. The summed E-state index contributed by atoms with van der Waals surface area (Å²) < 4.78 is 12.6. The molecular weight excluding hydrogens is 460 g/mol. The number of ether oxygens (including phenoxy) is 2. The minimum absolute atomic E-state index is 0.0310. The maximum atomic E-state index is 13.4. The van der Waals surface area contributed by atoms with Crippen LogP contribution in [-0.2, 0) is 9.59 Å². The average Bonchev–Trinajstić information content (AvgIpc) is 3.32. The van der Waals surface area contributed by atoms with Gasteiger partial charge in [-0.1, -0.05) is 12.1 Å². The fourth-order valence-corrected chi connectivity index (χ4v) is 4.77. The first-order valence-corrected chi connectivity index (χ1v) is 11.8. The number of hydrogen-bond donors (Lipinski definition) is 1. The number of pyridine rings is 1. The van der Waals surface area contributed by atoms with Crippen LogP contribution in [0.2, 0.25) is 0 Å². The normalized spacial score (nSPS) is 17.4. The highest BCUT2D eigenvalue weighted by molar-refractivity contribution is 6.46. The lowest BCUT2D eigenvalue weighted by atomic mass is 9.95. The Bertz CT molecular complexity index is 1360. The first kappa shape index (κ1) is 25.2. The van der Waals surface area contributed by atoms with Gasteiger partial charge in [0.25, 0.3) is 11.7 Å². The number of aryl methyl sites for hydroxylation is 2. The average molecular weight is 493 g/mol. The van der Waals surface area contributed by atoms with Gasteiger partial charge >= 0.3 is 0 Å². The summed E-state index contributed by atoms with van der Waals surface area (Å²) in [4.78, 5) is 34.8. The van der Waals surface area contributed by atoms with E-state index < -0.39 is 17.7 Å². The van der Waals surface area contributed by atoms with Gasteiger partial charge in [0.1, 0.15) is 11.3 Å². The van der Waals surface area contributed by atoms with E-state index in [1.54, 1.807) is 42.8 Å². The molecule has 1 N–H and O–H groups in total. The second-order valence-corrected chi connectivity index (χ2v) is 9.19. The number of methoxy groups -OCH3 is 2. The van der Waals surface area contributed by atoms with E-state index >= 15 is 0 Å². The van der Waals surface area contributed by atoms with Gasteiger partial charge in [0.2, 0.25) is 0 Å². The highest BCUT2D eigenvalue weighted by atomic mass is 16.5. The Morgan fingerprint density at radius 3 is 2.50 bits per heavy atom. The van der Waals surface area contributed by atoms with Crippen LogP contribution in [0, 0.1) is 13.8 Å². The van der Waals surface area contributed by atoms with Crippen LogP contribution >= 0.6 is 0 Å². The van der Waals surface area contributed by atoms with Crippen LogP contribution in [0.3, 0.4) is 0 Å². The molecule has 3 aromatic rings. The SMILES string of the molecule is COc1ccc([C@H]2C(=C(O)c3c(C)nc4c(C)cccn34)C(=O)C(=O)N2CCCN(C)C)cc1OC. The molecule has 1 saturated heterocycles. The number of likely N-dealkylation sites (tertiary alicyclic amines) is 1. The molecule has 1 aliphatic heterocycles. The molecule has 36 heavy (non-hydrogen) atoms. The first-order chi connectivity index (χ1) is 17.2. The van der Waals surface area contributed by atoms with Crippen molar-refractivity contribution in [2.45, 2.75) is 26.3 Å². The quantitative estimate of drug-likeness (QED) is 0.293. The standard InChI is InChI=1S/C27H32N4O5/c1-16-9-7-13-30-22(17(2)28-26(16)30)24(32)21-23(18-10-11-19(35-5)20(15-18)36-6)31(27(34)25(21)33)14-8-12-29(3)4/h7,9-11,13,15,23,32H,8,12,14H2,1-6H3/t23-/m0/s1. The van der Waals surface area contributed by atoms with Crippen LogP contribution in [0.1, 0.15) is 35.0 Å². The lowest BCUT2D eigenvalue weighted by molar-refractivity contribution is -0.139. The Labute approximate surface area is 210 Å². The zero-order valence-electron chi connectivity index (χ0n) is 21.5. The Hall–Kier alpha value is -3.85. The van der Waals surface area contributed by atoms with Crippen molar-refractivity contribution in [2.75, 3.05) is 41.4 Å². The lowest BCUT2D eigenvalue weighted by Gasteiger charge is -2.26. The molecule has 1 fully saturated rings. The van der Waals surface area contributed by atoms with E-state index in [1.807, 2.05) is 38.1 Å². The maximum absolute atomic E-state index is 13.4. The molecule has 2 aromatic heterocycles. The third-order valence-corrected chi connectivity index (χ3v) is 6.51. The number of Topliss-reactive ketones (excluding diaryl/α,β-unsaturated/α-hetero) is 1. The first-order valence-electron chi connectivity index (χ1n) is 11.8. The summed E-state index contributed by atoms with van der Waals surface area (Å²) in [7, 11) is 6.98. The Morgan fingerprint density at radius 1 is 1.11 bits per heavy atom. The molecule has 1 aromatic carbocycles. The molecule has 0 bridgehead atoms. The van der Waals surface area contributed by atoms with Gasteiger partial charge in [-0.05, 0) is 70.2 Å². The molecule has 0 spiro atoms. The Morgan fingerprint density at radius 2 is 1.83 bits per heavy atom. The Kier molecular flexibility index (Phi) is 7.03. The van der Waals surface area contributed by atoms with Gasteiger partial charge in [0, 0.05) is 12.7 Å². The predicted molar refractivity (Wildman–Crippen MR) is 136 cm³/mol. The van der Waals surface area contributed by atoms with E-state index in [-0.39, 0.29) is 11.3 Å². The number of imidazole rings is 1. The number of aliphatic hydroxyl groups excluding tert-OH is 1. The van der Waals surface area contributed by atoms with Gasteiger partial charge in [-0.3, -0.25) is 14.0 Å². The van der Waals surface area contributed by atoms with E-state index in [0.717, 1.165) is 12.1 Å². The summed E-state index contributed by atoms with van der Waals surface area (Å²) >= 11 is 0. The van der Waals surface area contributed by atoms with Crippen LogP contribution in [0.15, 0.2) is 42.1 Å². The second-order valence-electron chi connectivity index (χ2n) is 9.19. The van der Waals surface area contributed by atoms with Crippen molar-refractivity contribution >= 4 is 23.1 Å². The maximum Gasteiger partial charge on any atom is 0.295 e. The summed E-state index contributed by atoms with van der Waals surface area (Å²) in [5.74, 6) is -0.620. The van der Waals surface area contributed by atoms with Gasteiger partial charge in [-0.25, -0.2) is 4.98 Å². The number of carbonyl (C=O) groups excluding carboxylic acids is 2. The summed E-state index contributed by atoms with van der Waals surface area (Å²) in [5, 5.41) is 11.6. The van der Waals surface area contributed by atoms with Crippen molar-refractivity contribution in [2.24, 2.45) is 0 Å². The molecule has 0 unspecified atom stereocenters. The Balaban J connectivity index is 1.92. The zero-order valence-corrected chi connectivity index (χ0v) is 21.5. The number of amides is 1. The molecular formula is C27H32N4O5. The molecule has 4 rings (SSSR count). The number of aromatic nitrogens is 2. The summed E-state index contributed by atoms with van der Waals surface area (Å²) in [5.41, 5.74) is 3.24. The molecule has 0 aliphatic carbocycles. The predicted octanol–water partition coefficient (Wildman–Crippen LogP) is 3.34. The van der Waals surface area contributed by atoms with Crippen LogP contribution in [0.5, 0.6) is 11.5 Å². The van der Waals surface area contributed by atoms with Gasteiger partial charge in [-0.2, -0.15) is 0 Å².